The molecule has 0 amide bonds. The molecule has 0 aliphatic carbocycles. The van der Waals surface area contributed by atoms with Gasteiger partial charge in [0, 0.05) is 0 Å². The molecule has 2 aromatic rings. The van der Waals surface area contributed by atoms with Crippen molar-refractivity contribution >= 4 is 0 Å². The van der Waals surface area contributed by atoms with E-state index in [1.54, 1.807) is 0 Å². The Morgan fingerprint density at radius 3 is 2.26 bits per heavy atom. The summed E-state index contributed by atoms with van der Waals surface area (Å²) in [6.45, 7) is 9.12. The molecule has 1 N–H and O–H groups in total. The van der Waals surface area contributed by atoms with Crippen LogP contribution in [0.2, 0.25) is 0 Å². The molecule has 2 rings (SSSR count). The van der Waals surface area contributed by atoms with E-state index in [-0.39, 0.29) is 0 Å². The molecular formula is C21H28O2. The third-order valence-corrected chi connectivity index (χ3v) is 4.47. The topological polar surface area (TPSA) is 29.5 Å². The zero-order valence-electron chi connectivity index (χ0n) is 14.7. The minimum atomic E-state index is -0.594. The smallest absolute Gasteiger partial charge is 0.122 e. The van der Waals surface area contributed by atoms with E-state index in [0.29, 0.717) is 0 Å². The molecule has 0 aliphatic rings. The third-order valence-electron chi connectivity index (χ3n) is 4.47. The van der Waals surface area contributed by atoms with Crippen molar-refractivity contribution in [3.8, 4) is 5.75 Å². The molecule has 2 heteroatoms. The number of aliphatic hydroxyl groups is 1. The number of ether oxygens (including phenoxy) is 1. The van der Waals surface area contributed by atoms with Crippen LogP contribution in [-0.4, -0.2) is 11.7 Å². The van der Waals surface area contributed by atoms with E-state index in [2.05, 4.69) is 27.7 Å². The quantitative estimate of drug-likeness (QED) is 0.706. The normalized spacial score (nSPS) is 12.2. The van der Waals surface area contributed by atoms with Crippen molar-refractivity contribution in [2.24, 2.45) is 0 Å². The van der Waals surface area contributed by atoms with Gasteiger partial charge in [0.05, 0.1) is 6.61 Å². The average molecular weight is 312 g/mol. The lowest BCUT2D eigenvalue weighted by Gasteiger charge is -2.18. The van der Waals surface area contributed by atoms with Gasteiger partial charge in [0.2, 0.25) is 0 Å². The summed E-state index contributed by atoms with van der Waals surface area (Å²) in [6.07, 6.45) is 2.89. The first-order chi connectivity index (χ1) is 11.0. The number of benzene rings is 2. The number of rotatable bonds is 7. The van der Waals surface area contributed by atoms with E-state index in [9.17, 15) is 5.11 Å². The van der Waals surface area contributed by atoms with Gasteiger partial charge in [0.25, 0.3) is 0 Å². The molecule has 0 aliphatic heterocycles. The first-order valence-corrected chi connectivity index (χ1v) is 8.52. The molecule has 124 valence electrons. The van der Waals surface area contributed by atoms with E-state index in [1.165, 1.54) is 18.4 Å². The highest BCUT2D eigenvalue weighted by Crippen LogP contribution is 2.31. The van der Waals surface area contributed by atoms with Gasteiger partial charge in [-0.25, -0.2) is 0 Å². The minimum Gasteiger partial charge on any atom is -0.493 e. The first kappa shape index (κ1) is 17.6. The number of aliphatic hydroxyl groups excluding tert-OH is 1. The predicted molar refractivity (Wildman–Crippen MR) is 96.2 cm³/mol. The zero-order valence-corrected chi connectivity index (χ0v) is 14.7. The molecule has 0 saturated heterocycles. The van der Waals surface area contributed by atoms with Gasteiger partial charge in [0.15, 0.2) is 0 Å². The summed E-state index contributed by atoms with van der Waals surface area (Å²) in [5, 5.41) is 10.7. The Morgan fingerprint density at radius 2 is 1.61 bits per heavy atom. The van der Waals surface area contributed by atoms with Gasteiger partial charge in [-0.1, -0.05) is 55.7 Å². The second-order valence-electron chi connectivity index (χ2n) is 6.27. The number of hydrogen-bond acceptors (Lipinski definition) is 2. The summed E-state index contributed by atoms with van der Waals surface area (Å²) in [4.78, 5) is 0. The van der Waals surface area contributed by atoms with Crippen LogP contribution in [0.3, 0.4) is 0 Å². The Labute approximate surface area is 140 Å². The SMILES string of the molecule is CCCCCOc1ccc(C(O)c2ccc(C)cc2)c(C)c1C. The summed E-state index contributed by atoms with van der Waals surface area (Å²) in [6, 6.07) is 12.0. The molecule has 0 heterocycles. The van der Waals surface area contributed by atoms with Crippen molar-refractivity contribution in [3.05, 3.63) is 64.2 Å². The van der Waals surface area contributed by atoms with Crippen LogP contribution in [0.1, 0.15) is 60.1 Å². The fourth-order valence-electron chi connectivity index (χ4n) is 2.73. The molecule has 1 atom stereocenters. The van der Waals surface area contributed by atoms with Crippen molar-refractivity contribution in [3.63, 3.8) is 0 Å². The molecule has 2 nitrogen and oxygen atoms in total. The van der Waals surface area contributed by atoms with E-state index in [0.717, 1.165) is 41.0 Å². The summed E-state index contributed by atoms with van der Waals surface area (Å²) in [5.74, 6) is 0.929. The van der Waals surface area contributed by atoms with Gasteiger partial charge in [-0.3, -0.25) is 0 Å². The fraction of sp³-hybridized carbons (Fsp3) is 0.429. The predicted octanol–water partition coefficient (Wildman–Crippen LogP) is 5.26. The van der Waals surface area contributed by atoms with Crippen molar-refractivity contribution < 1.29 is 9.84 Å². The standard InChI is InChI=1S/C21H28O2/c1-5-6-7-14-23-20-13-12-19(16(3)17(20)4)21(22)18-10-8-15(2)9-11-18/h8-13,21-22H,5-7,14H2,1-4H3. The van der Waals surface area contributed by atoms with E-state index >= 15 is 0 Å². The summed E-state index contributed by atoms with van der Waals surface area (Å²) in [7, 11) is 0. The molecular weight excluding hydrogens is 284 g/mol. The highest BCUT2D eigenvalue weighted by atomic mass is 16.5. The Hall–Kier alpha value is -1.80. The van der Waals surface area contributed by atoms with Gasteiger partial charge in [0.1, 0.15) is 11.9 Å². The van der Waals surface area contributed by atoms with Crippen LogP contribution in [0.5, 0.6) is 5.75 Å². The van der Waals surface area contributed by atoms with Crippen LogP contribution >= 0.6 is 0 Å². The maximum Gasteiger partial charge on any atom is 0.122 e. The Balaban J connectivity index is 2.17. The van der Waals surface area contributed by atoms with E-state index in [4.69, 9.17) is 4.74 Å². The number of hydrogen-bond donors (Lipinski definition) is 1. The van der Waals surface area contributed by atoms with Crippen molar-refractivity contribution in [2.75, 3.05) is 6.61 Å². The summed E-state index contributed by atoms with van der Waals surface area (Å²) < 4.78 is 5.89. The lowest BCUT2D eigenvalue weighted by molar-refractivity contribution is 0.219. The van der Waals surface area contributed by atoms with Crippen LogP contribution in [0.4, 0.5) is 0 Å². The summed E-state index contributed by atoms with van der Waals surface area (Å²) >= 11 is 0. The lowest BCUT2D eigenvalue weighted by atomic mass is 9.94. The largest absolute Gasteiger partial charge is 0.493 e. The Morgan fingerprint density at radius 1 is 0.913 bits per heavy atom. The highest BCUT2D eigenvalue weighted by Gasteiger charge is 2.16. The maximum atomic E-state index is 10.7. The number of aryl methyl sites for hydroxylation is 1. The highest BCUT2D eigenvalue weighted by molar-refractivity contribution is 5.46. The molecule has 0 spiro atoms. The minimum absolute atomic E-state index is 0.594. The Bertz CT molecular complexity index is 629. The molecule has 0 saturated carbocycles. The number of unbranched alkanes of at least 4 members (excludes halogenated alkanes) is 2. The second-order valence-corrected chi connectivity index (χ2v) is 6.27. The monoisotopic (exact) mass is 312 g/mol. The van der Waals surface area contributed by atoms with Crippen LogP contribution in [0.15, 0.2) is 36.4 Å². The van der Waals surface area contributed by atoms with Gasteiger partial charge < -0.3 is 9.84 Å². The first-order valence-electron chi connectivity index (χ1n) is 8.52. The Kier molecular flexibility index (Phi) is 6.23. The molecule has 0 radical (unpaired) electrons. The van der Waals surface area contributed by atoms with Gasteiger partial charge in [-0.2, -0.15) is 0 Å². The average Bonchev–Trinajstić information content (AvgIpc) is 2.55. The van der Waals surface area contributed by atoms with Crippen LogP contribution in [0.25, 0.3) is 0 Å². The van der Waals surface area contributed by atoms with Crippen molar-refractivity contribution in [2.45, 2.75) is 53.1 Å². The third kappa shape index (κ3) is 4.35. The van der Waals surface area contributed by atoms with Crippen molar-refractivity contribution in [1.82, 2.24) is 0 Å². The molecule has 23 heavy (non-hydrogen) atoms. The zero-order chi connectivity index (χ0) is 16.8. The maximum absolute atomic E-state index is 10.7. The van der Waals surface area contributed by atoms with E-state index < -0.39 is 6.10 Å². The fourth-order valence-corrected chi connectivity index (χ4v) is 2.73. The van der Waals surface area contributed by atoms with Gasteiger partial charge >= 0.3 is 0 Å². The van der Waals surface area contributed by atoms with Crippen molar-refractivity contribution in [1.29, 1.82) is 0 Å². The molecule has 0 fully saturated rings. The van der Waals surface area contributed by atoms with Crippen LogP contribution < -0.4 is 4.74 Å². The van der Waals surface area contributed by atoms with E-state index in [1.807, 2.05) is 36.4 Å². The van der Waals surface area contributed by atoms with Crippen LogP contribution in [0, 0.1) is 20.8 Å². The molecule has 2 aromatic carbocycles. The summed E-state index contributed by atoms with van der Waals surface area (Å²) in [5.41, 5.74) is 5.29. The lowest BCUT2D eigenvalue weighted by Crippen LogP contribution is -2.06. The van der Waals surface area contributed by atoms with Gasteiger partial charge in [-0.15, -0.1) is 0 Å². The van der Waals surface area contributed by atoms with Crippen LogP contribution in [-0.2, 0) is 0 Å². The second kappa shape index (κ2) is 8.16. The van der Waals surface area contributed by atoms with Gasteiger partial charge in [-0.05, 0) is 55.5 Å². The molecule has 0 bridgehead atoms. The molecule has 0 aromatic heterocycles. The molecule has 1 unspecified atom stereocenters.